The average molecular weight is 348 g/mol. The summed E-state index contributed by atoms with van der Waals surface area (Å²) in [5.41, 5.74) is 1.99. The number of carbonyl (C=O) groups excluding carboxylic acids is 1. The molecule has 0 radical (unpaired) electrons. The van der Waals surface area contributed by atoms with Gasteiger partial charge in [0.1, 0.15) is 0 Å². The Morgan fingerprint density at radius 3 is 2.80 bits per heavy atom. The minimum absolute atomic E-state index is 0.163. The van der Waals surface area contributed by atoms with Gasteiger partial charge in [-0.1, -0.05) is 0 Å². The van der Waals surface area contributed by atoms with E-state index in [9.17, 15) is 4.79 Å². The molecular weight excluding hydrogens is 316 g/mol. The molecule has 0 aliphatic heterocycles. The highest BCUT2D eigenvalue weighted by Gasteiger charge is 2.11. The minimum atomic E-state index is 0.163. The quantitative estimate of drug-likeness (QED) is 0.460. The molecule has 0 atom stereocenters. The van der Waals surface area contributed by atoms with Crippen molar-refractivity contribution in [3.63, 3.8) is 0 Å². The zero-order valence-corrected chi connectivity index (χ0v) is 15.8. The highest BCUT2D eigenvalue weighted by molar-refractivity contribution is 5.79. The van der Waals surface area contributed by atoms with E-state index in [4.69, 9.17) is 5.11 Å². The van der Waals surface area contributed by atoms with Gasteiger partial charge in [0.25, 0.3) is 0 Å². The first kappa shape index (κ1) is 21.3. The molecule has 1 amide bonds. The normalized spacial score (nSPS) is 11.4. The topological polar surface area (TPSA) is 69.0 Å². The molecule has 6 heteroatoms. The third-order valence-corrected chi connectivity index (χ3v) is 3.90. The molecule has 0 aliphatic rings. The van der Waals surface area contributed by atoms with Crippen molar-refractivity contribution >= 4 is 12.1 Å². The zero-order chi connectivity index (χ0) is 18.5. The van der Waals surface area contributed by atoms with Crippen LogP contribution in [0.15, 0.2) is 23.3 Å². The van der Waals surface area contributed by atoms with Crippen LogP contribution in [0.4, 0.5) is 0 Å². The molecule has 0 saturated carbocycles. The lowest BCUT2D eigenvalue weighted by Gasteiger charge is -2.22. The van der Waals surface area contributed by atoms with Gasteiger partial charge >= 0.3 is 0 Å². The Kier molecular flexibility index (Phi) is 10.7. The summed E-state index contributed by atoms with van der Waals surface area (Å²) >= 11 is 0. The van der Waals surface area contributed by atoms with E-state index in [0.29, 0.717) is 19.4 Å². The molecule has 6 nitrogen and oxygen atoms in total. The summed E-state index contributed by atoms with van der Waals surface area (Å²) in [5.74, 6) is 0.214. The van der Waals surface area contributed by atoms with Crippen molar-refractivity contribution in [3.05, 3.63) is 29.6 Å². The molecular formula is C19H32N4O2. The van der Waals surface area contributed by atoms with Crippen LogP contribution in [0.25, 0.3) is 0 Å². The molecule has 0 saturated heterocycles. The second kappa shape index (κ2) is 12.6. The molecule has 0 aromatic carbocycles. The summed E-state index contributed by atoms with van der Waals surface area (Å²) in [7, 11) is 4.04. The maximum Gasteiger partial charge on any atom is 0.222 e. The van der Waals surface area contributed by atoms with Crippen LogP contribution < -0.4 is 0 Å². The van der Waals surface area contributed by atoms with Crippen LogP contribution in [0.2, 0.25) is 0 Å². The SMILES string of the molecule is CCN(CCN(C)C)C(=O)CCCc1cc(C=NCCCO)ccn1. The van der Waals surface area contributed by atoms with E-state index in [1.54, 1.807) is 6.20 Å². The number of carbonyl (C=O) groups is 1. The van der Waals surface area contributed by atoms with E-state index in [2.05, 4.69) is 14.9 Å². The van der Waals surface area contributed by atoms with Gasteiger partial charge in [0, 0.05) is 57.3 Å². The van der Waals surface area contributed by atoms with Gasteiger partial charge in [-0.25, -0.2) is 0 Å². The van der Waals surface area contributed by atoms with Gasteiger partial charge in [-0.2, -0.15) is 0 Å². The average Bonchev–Trinajstić information content (AvgIpc) is 2.59. The number of aromatic nitrogens is 1. The number of hydrogen-bond acceptors (Lipinski definition) is 5. The van der Waals surface area contributed by atoms with Gasteiger partial charge in [0.05, 0.1) is 0 Å². The predicted molar refractivity (Wildman–Crippen MR) is 102 cm³/mol. The molecule has 0 fully saturated rings. The molecule has 0 unspecified atom stereocenters. The van der Waals surface area contributed by atoms with Crippen LogP contribution in [-0.2, 0) is 11.2 Å². The fourth-order valence-electron chi connectivity index (χ4n) is 2.40. The second-order valence-corrected chi connectivity index (χ2v) is 6.32. The molecule has 140 valence electrons. The van der Waals surface area contributed by atoms with Gasteiger partial charge in [-0.15, -0.1) is 0 Å². The monoisotopic (exact) mass is 348 g/mol. The van der Waals surface area contributed by atoms with Crippen LogP contribution in [-0.4, -0.2) is 78.9 Å². The van der Waals surface area contributed by atoms with Gasteiger partial charge in [0.2, 0.25) is 5.91 Å². The Morgan fingerprint density at radius 2 is 2.12 bits per heavy atom. The molecule has 1 N–H and O–H groups in total. The number of pyridine rings is 1. The van der Waals surface area contributed by atoms with Gasteiger partial charge < -0.3 is 14.9 Å². The summed E-state index contributed by atoms with van der Waals surface area (Å²) in [6.45, 7) is 5.23. The lowest BCUT2D eigenvalue weighted by molar-refractivity contribution is -0.131. The maximum absolute atomic E-state index is 12.3. The van der Waals surface area contributed by atoms with E-state index in [1.165, 1.54) is 0 Å². The number of aliphatic imine (C=N–C) groups is 1. The smallest absolute Gasteiger partial charge is 0.222 e. The Morgan fingerprint density at radius 1 is 1.32 bits per heavy atom. The standard InChI is InChI=1S/C19H32N4O2/c1-4-23(13-12-22(2)3)19(25)8-5-7-18-15-17(9-11-21-18)16-20-10-6-14-24/h9,11,15-16,24H,4-8,10,12-14H2,1-3H3. The zero-order valence-electron chi connectivity index (χ0n) is 15.8. The third-order valence-electron chi connectivity index (χ3n) is 3.90. The predicted octanol–water partition coefficient (Wildman–Crippen LogP) is 1.62. The fraction of sp³-hybridized carbons (Fsp3) is 0.632. The van der Waals surface area contributed by atoms with Crippen LogP contribution >= 0.6 is 0 Å². The van der Waals surface area contributed by atoms with E-state index in [0.717, 1.165) is 43.7 Å². The number of aryl methyl sites for hydroxylation is 1. The van der Waals surface area contributed by atoms with Gasteiger partial charge in [-0.3, -0.25) is 14.8 Å². The Labute approximate surface area is 151 Å². The molecule has 0 spiro atoms. The van der Waals surface area contributed by atoms with Crippen molar-refractivity contribution in [3.8, 4) is 0 Å². The lowest BCUT2D eigenvalue weighted by Crippen LogP contribution is -2.36. The Bertz CT molecular complexity index is 532. The first-order valence-corrected chi connectivity index (χ1v) is 9.05. The maximum atomic E-state index is 12.3. The number of likely N-dealkylation sites (N-methyl/N-ethyl adjacent to an activating group) is 2. The Balaban J connectivity index is 2.42. The van der Waals surface area contributed by atoms with Crippen molar-refractivity contribution in [2.24, 2.45) is 4.99 Å². The molecule has 0 bridgehead atoms. The van der Waals surface area contributed by atoms with Gasteiger partial charge in [0.15, 0.2) is 0 Å². The third kappa shape index (κ3) is 9.31. The summed E-state index contributed by atoms with van der Waals surface area (Å²) in [6, 6.07) is 3.92. The number of rotatable bonds is 12. The molecule has 25 heavy (non-hydrogen) atoms. The van der Waals surface area contributed by atoms with Crippen molar-refractivity contribution in [1.82, 2.24) is 14.8 Å². The molecule has 1 rings (SSSR count). The number of nitrogens with zero attached hydrogens (tertiary/aromatic N) is 4. The molecule has 0 aliphatic carbocycles. The minimum Gasteiger partial charge on any atom is -0.396 e. The van der Waals surface area contributed by atoms with Crippen molar-refractivity contribution < 1.29 is 9.90 Å². The van der Waals surface area contributed by atoms with Crippen molar-refractivity contribution in [2.45, 2.75) is 32.6 Å². The Hall–Kier alpha value is -1.79. The molecule has 1 aromatic rings. The van der Waals surface area contributed by atoms with E-state index < -0.39 is 0 Å². The van der Waals surface area contributed by atoms with E-state index in [-0.39, 0.29) is 12.5 Å². The number of aliphatic hydroxyl groups is 1. The first-order valence-electron chi connectivity index (χ1n) is 9.05. The highest BCUT2D eigenvalue weighted by atomic mass is 16.3. The second-order valence-electron chi connectivity index (χ2n) is 6.32. The van der Waals surface area contributed by atoms with Crippen LogP contribution in [0.3, 0.4) is 0 Å². The highest BCUT2D eigenvalue weighted by Crippen LogP contribution is 2.06. The summed E-state index contributed by atoms with van der Waals surface area (Å²) in [4.78, 5) is 24.9. The molecule has 1 aromatic heterocycles. The summed E-state index contributed by atoms with van der Waals surface area (Å²) < 4.78 is 0. The van der Waals surface area contributed by atoms with Crippen LogP contribution in [0.5, 0.6) is 0 Å². The lowest BCUT2D eigenvalue weighted by atomic mass is 10.1. The van der Waals surface area contributed by atoms with Crippen molar-refractivity contribution in [1.29, 1.82) is 0 Å². The van der Waals surface area contributed by atoms with Crippen LogP contribution in [0, 0.1) is 0 Å². The number of amides is 1. The largest absolute Gasteiger partial charge is 0.396 e. The summed E-state index contributed by atoms with van der Waals surface area (Å²) in [6.07, 6.45) is 6.41. The summed E-state index contributed by atoms with van der Waals surface area (Å²) in [5, 5.41) is 8.75. The van der Waals surface area contributed by atoms with Crippen LogP contribution in [0.1, 0.15) is 37.4 Å². The van der Waals surface area contributed by atoms with E-state index >= 15 is 0 Å². The van der Waals surface area contributed by atoms with Gasteiger partial charge in [-0.05, 0) is 58.0 Å². The number of aliphatic hydroxyl groups excluding tert-OH is 1. The first-order chi connectivity index (χ1) is 12.1. The van der Waals surface area contributed by atoms with Crippen molar-refractivity contribution in [2.75, 3.05) is 46.9 Å². The number of hydrogen-bond donors (Lipinski definition) is 1. The molecule has 1 heterocycles. The van der Waals surface area contributed by atoms with E-state index in [1.807, 2.05) is 44.3 Å². The fourth-order valence-corrected chi connectivity index (χ4v) is 2.40.